The molecule has 0 aromatic heterocycles. The molecule has 1 atom stereocenters. The molecule has 2 aliphatic rings. The van der Waals surface area contributed by atoms with E-state index in [2.05, 4.69) is 5.32 Å². The van der Waals surface area contributed by atoms with Crippen LogP contribution in [0.5, 0.6) is 0 Å². The molecule has 1 heterocycles. The lowest BCUT2D eigenvalue weighted by atomic mass is 9.83. The molecular weight excluding hydrogens is 260 g/mol. The number of hydrogen-bond acceptors (Lipinski definition) is 3. The number of thiocarbonyl (C=S) groups is 1. The quantitative estimate of drug-likeness (QED) is 0.777. The van der Waals surface area contributed by atoms with Crippen molar-refractivity contribution in [2.45, 2.75) is 56.9 Å². The molecule has 0 aromatic carbocycles. The van der Waals surface area contributed by atoms with Crippen LogP contribution in [0, 0.1) is 5.92 Å². The van der Waals surface area contributed by atoms with Gasteiger partial charge in [-0.2, -0.15) is 0 Å². The van der Waals surface area contributed by atoms with Crippen molar-refractivity contribution in [1.82, 2.24) is 5.32 Å². The maximum absolute atomic E-state index is 12.3. The van der Waals surface area contributed by atoms with E-state index in [0.29, 0.717) is 18.2 Å². The first-order chi connectivity index (χ1) is 9.14. The van der Waals surface area contributed by atoms with E-state index in [1.165, 1.54) is 19.3 Å². The van der Waals surface area contributed by atoms with Crippen LogP contribution in [0.25, 0.3) is 0 Å². The molecule has 1 saturated carbocycles. The average Bonchev–Trinajstić information content (AvgIpc) is 2.86. The van der Waals surface area contributed by atoms with Gasteiger partial charge in [0.25, 0.3) is 0 Å². The molecule has 108 valence electrons. The number of carbonyl (C=O) groups is 1. The number of nitrogens with one attached hydrogen (secondary N) is 1. The summed E-state index contributed by atoms with van der Waals surface area (Å²) in [5.74, 6) is 0.0301. The van der Waals surface area contributed by atoms with E-state index in [1.54, 1.807) is 0 Å². The standard InChI is InChI=1S/C14H24N2O2S/c15-13(19)14(7-4-2-1-3-5-8-14)16-12(17)11-6-9-18-10-11/h11H,1-10H2,(H2,15,19)(H,16,17). The van der Waals surface area contributed by atoms with Crippen molar-refractivity contribution in [3.05, 3.63) is 0 Å². The molecule has 1 aliphatic heterocycles. The fraction of sp³-hybridized carbons (Fsp3) is 0.857. The van der Waals surface area contributed by atoms with Crippen LogP contribution in [0.1, 0.15) is 51.4 Å². The maximum Gasteiger partial charge on any atom is 0.226 e. The van der Waals surface area contributed by atoms with Gasteiger partial charge in [0.15, 0.2) is 0 Å². The summed E-state index contributed by atoms with van der Waals surface area (Å²) in [6.45, 7) is 1.21. The van der Waals surface area contributed by atoms with E-state index in [0.717, 1.165) is 32.1 Å². The Morgan fingerprint density at radius 1 is 1.21 bits per heavy atom. The first-order valence-corrected chi connectivity index (χ1v) is 7.74. The molecule has 0 bridgehead atoms. The number of rotatable bonds is 3. The van der Waals surface area contributed by atoms with Gasteiger partial charge in [0.2, 0.25) is 5.91 Å². The van der Waals surface area contributed by atoms with Gasteiger partial charge in [0.05, 0.1) is 23.1 Å². The molecule has 2 fully saturated rings. The Morgan fingerprint density at radius 3 is 2.37 bits per heavy atom. The van der Waals surface area contributed by atoms with Gasteiger partial charge in [-0.3, -0.25) is 4.79 Å². The number of hydrogen-bond donors (Lipinski definition) is 2. The van der Waals surface area contributed by atoms with E-state index in [4.69, 9.17) is 22.7 Å². The Morgan fingerprint density at radius 2 is 1.84 bits per heavy atom. The zero-order valence-corrected chi connectivity index (χ0v) is 12.3. The van der Waals surface area contributed by atoms with Gasteiger partial charge in [-0.15, -0.1) is 0 Å². The van der Waals surface area contributed by atoms with Crippen LogP contribution >= 0.6 is 12.2 Å². The fourth-order valence-electron chi connectivity index (χ4n) is 3.02. The van der Waals surface area contributed by atoms with Crippen molar-refractivity contribution in [3.63, 3.8) is 0 Å². The minimum absolute atomic E-state index is 0.0309. The summed E-state index contributed by atoms with van der Waals surface area (Å²) >= 11 is 5.26. The van der Waals surface area contributed by atoms with E-state index < -0.39 is 5.54 Å². The zero-order chi connectivity index (χ0) is 13.7. The van der Waals surface area contributed by atoms with Gasteiger partial charge in [0.1, 0.15) is 0 Å². The summed E-state index contributed by atoms with van der Waals surface area (Å²) in [5, 5.41) is 3.16. The van der Waals surface area contributed by atoms with Crippen molar-refractivity contribution >= 4 is 23.1 Å². The molecule has 1 amide bonds. The second-order valence-corrected chi connectivity index (χ2v) is 6.20. The predicted octanol–water partition coefficient (Wildman–Crippen LogP) is 1.91. The third-order valence-corrected chi connectivity index (χ3v) is 4.73. The number of ether oxygens (including phenoxy) is 1. The molecule has 1 unspecified atom stereocenters. The van der Waals surface area contributed by atoms with Crippen LogP contribution in [-0.2, 0) is 9.53 Å². The topological polar surface area (TPSA) is 64.3 Å². The SMILES string of the molecule is NC(=S)C1(NC(=O)C2CCOC2)CCCCCCC1. The highest BCUT2D eigenvalue weighted by Crippen LogP contribution is 2.28. The highest BCUT2D eigenvalue weighted by Gasteiger charge is 2.37. The minimum Gasteiger partial charge on any atom is -0.391 e. The Balaban J connectivity index is 2.04. The van der Waals surface area contributed by atoms with Crippen LogP contribution < -0.4 is 11.1 Å². The van der Waals surface area contributed by atoms with Crippen LogP contribution in [-0.4, -0.2) is 29.6 Å². The van der Waals surface area contributed by atoms with Crippen molar-refractivity contribution in [2.75, 3.05) is 13.2 Å². The molecule has 0 spiro atoms. The smallest absolute Gasteiger partial charge is 0.226 e. The monoisotopic (exact) mass is 284 g/mol. The predicted molar refractivity (Wildman–Crippen MR) is 78.9 cm³/mol. The summed E-state index contributed by atoms with van der Waals surface area (Å²) in [6.07, 6.45) is 8.40. The highest BCUT2D eigenvalue weighted by atomic mass is 32.1. The second kappa shape index (κ2) is 6.66. The molecule has 1 saturated heterocycles. The normalized spacial score (nSPS) is 27.3. The molecule has 5 heteroatoms. The Hall–Kier alpha value is -0.680. The van der Waals surface area contributed by atoms with Crippen molar-refractivity contribution in [3.8, 4) is 0 Å². The third-order valence-electron chi connectivity index (χ3n) is 4.34. The fourth-order valence-corrected chi connectivity index (χ4v) is 3.28. The third kappa shape index (κ3) is 3.66. The van der Waals surface area contributed by atoms with Crippen LogP contribution in [0.4, 0.5) is 0 Å². The van der Waals surface area contributed by atoms with Crippen LogP contribution in [0.15, 0.2) is 0 Å². The molecule has 3 N–H and O–H groups in total. The lowest BCUT2D eigenvalue weighted by Gasteiger charge is -2.36. The van der Waals surface area contributed by atoms with Gasteiger partial charge in [-0.1, -0.05) is 44.3 Å². The van der Waals surface area contributed by atoms with E-state index >= 15 is 0 Å². The first kappa shape index (κ1) is 14.7. The molecular formula is C14H24N2O2S. The summed E-state index contributed by atoms with van der Waals surface area (Å²) in [6, 6.07) is 0. The van der Waals surface area contributed by atoms with Gasteiger partial charge in [-0.25, -0.2) is 0 Å². The summed E-state index contributed by atoms with van der Waals surface area (Å²) < 4.78 is 5.28. The van der Waals surface area contributed by atoms with Crippen molar-refractivity contribution < 1.29 is 9.53 Å². The summed E-state index contributed by atoms with van der Waals surface area (Å²) in [4.78, 5) is 12.8. The summed E-state index contributed by atoms with van der Waals surface area (Å²) in [7, 11) is 0. The Labute approximate surface area is 120 Å². The van der Waals surface area contributed by atoms with Crippen molar-refractivity contribution in [2.24, 2.45) is 11.7 Å². The minimum atomic E-state index is -0.463. The van der Waals surface area contributed by atoms with Crippen LogP contribution in [0.2, 0.25) is 0 Å². The van der Waals surface area contributed by atoms with Gasteiger partial charge in [0, 0.05) is 6.61 Å². The first-order valence-electron chi connectivity index (χ1n) is 7.34. The second-order valence-electron chi connectivity index (χ2n) is 5.76. The van der Waals surface area contributed by atoms with Gasteiger partial charge in [-0.05, 0) is 19.3 Å². The Kier molecular flexibility index (Phi) is 5.16. The molecule has 2 rings (SSSR count). The average molecular weight is 284 g/mol. The molecule has 4 nitrogen and oxygen atoms in total. The molecule has 0 radical (unpaired) electrons. The molecule has 0 aromatic rings. The van der Waals surface area contributed by atoms with E-state index in [9.17, 15) is 4.79 Å². The summed E-state index contributed by atoms with van der Waals surface area (Å²) in [5.41, 5.74) is 5.49. The number of carbonyl (C=O) groups excluding carboxylic acids is 1. The molecule has 19 heavy (non-hydrogen) atoms. The largest absolute Gasteiger partial charge is 0.391 e. The van der Waals surface area contributed by atoms with E-state index in [1.807, 2.05) is 0 Å². The van der Waals surface area contributed by atoms with Gasteiger partial charge < -0.3 is 15.8 Å². The van der Waals surface area contributed by atoms with Gasteiger partial charge >= 0.3 is 0 Å². The molecule has 1 aliphatic carbocycles. The Bertz CT molecular complexity index is 332. The van der Waals surface area contributed by atoms with Crippen LogP contribution in [0.3, 0.4) is 0 Å². The number of nitrogens with two attached hydrogens (primary N) is 1. The zero-order valence-electron chi connectivity index (χ0n) is 11.5. The van der Waals surface area contributed by atoms with Crippen molar-refractivity contribution in [1.29, 1.82) is 0 Å². The lowest BCUT2D eigenvalue weighted by molar-refractivity contribution is -0.126. The highest BCUT2D eigenvalue weighted by molar-refractivity contribution is 7.80. The number of amides is 1. The van der Waals surface area contributed by atoms with E-state index in [-0.39, 0.29) is 11.8 Å². The lowest BCUT2D eigenvalue weighted by Crippen LogP contribution is -2.58. The maximum atomic E-state index is 12.3.